The van der Waals surface area contributed by atoms with E-state index in [-0.39, 0.29) is 11.9 Å². The highest BCUT2D eigenvalue weighted by molar-refractivity contribution is 7.97. The third-order valence-electron chi connectivity index (χ3n) is 2.81. The number of furan rings is 1. The van der Waals surface area contributed by atoms with Crippen molar-refractivity contribution in [1.82, 2.24) is 10.6 Å². The van der Waals surface area contributed by atoms with E-state index >= 15 is 0 Å². The molecule has 1 saturated heterocycles. The fourth-order valence-electron chi connectivity index (χ4n) is 1.93. The quantitative estimate of drug-likeness (QED) is 0.836. The molecule has 2 heterocycles. The van der Waals surface area contributed by atoms with E-state index < -0.39 is 0 Å². The van der Waals surface area contributed by atoms with Crippen LogP contribution in [0.25, 0.3) is 0 Å². The van der Waals surface area contributed by atoms with Crippen molar-refractivity contribution in [1.29, 1.82) is 0 Å². The minimum Gasteiger partial charge on any atom is -0.464 e. The van der Waals surface area contributed by atoms with Crippen molar-refractivity contribution in [3.05, 3.63) is 23.7 Å². The number of amides is 1. The van der Waals surface area contributed by atoms with Gasteiger partial charge in [-0.25, -0.2) is 0 Å². The number of thioether (sulfide) groups is 1. The lowest BCUT2D eigenvalue weighted by Gasteiger charge is -2.22. The Balaban J connectivity index is 1.82. The second kappa shape index (κ2) is 6.12. The molecule has 1 aromatic rings. The summed E-state index contributed by atoms with van der Waals surface area (Å²) in [6, 6.07) is 3.89. The Bertz CT molecular complexity index is 378. The van der Waals surface area contributed by atoms with Crippen LogP contribution >= 0.6 is 11.8 Å². The predicted molar refractivity (Wildman–Crippen MR) is 68.8 cm³/mol. The standard InChI is InChI=1S/C12H18N2O2S/c1-17-8-10-5-4-9(16-10)7-14-11-3-2-6-13-12(11)15/h4-5,11,14H,2-3,6-8H2,1H3,(H,13,15). The highest BCUT2D eigenvalue weighted by Gasteiger charge is 2.21. The van der Waals surface area contributed by atoms with Gasteiger partial charge in [-0.3, -0.25) is 10.1 Å². The Morgan fingerprint density at radius 2 is 2.35 bits per heavy atom. The van der Waals surface area contributed by atoms with Crippen LogP contribution in [0.5, 0.6) is 0 Å². The third-order valence-corrected chi connectivity index (χ3v) is 3.39. The smallest absolute Gasteiger partial charge is 0.237 e. The van der Waals surface area contributed by atoms with Gasteiger partial charge in [-0.2, -0.15) is 11.8 Å². The molecule has 1 aliphatic rings. The van der Waals surface area contributed by atoms with Gasteiger partial charge in [0.05, 0.1) is 18.3 Å². The van der Waals surface area contributed by atoms with Gasteiger partial charge in [0.1, 0.15) is 11.5 Å². The molecule has 2 rings (SSSR count). The Hall–Kier alpha value is -0.940. The molecule has 1 aromatic heterocycles. The maximum absolute atomic E-state index is 11.5. The molecule has 1 unspecified atom stereocenters. The summed E-state index contributed by atoms with van der Waals surface area (Å²) in [7, 11) is 0. The Labute approximate surface area is 106 Å². The summed E-state index contributed by atoms with van der Waals surface area (Å²) in [5, 5.41) is 6.09. The molecule has 0 saturated carbocycles. The van der Waals surface area contributed by atoms with Gasteiger partial charge in [0.2, 0.25) is 5.91 Å². The maximum Gasteiger partial charge on any atom is 0.237 e. The molecule has 17 heavy (non-hydrogen) atoms. The number of rotatable bonds is 5. The van der Waals surface area contributed by atoms with Gasteiger partial charge in [-0.05, 0) is 31.2 Å². The normalized spacial score (nSPS) is 20.3. The van der Waals surface area contributed by atoms with Crippen molar-refractivity contribution in [2.75, 3.05) is 12.8 Å². The van der Waals surface area contributed by atoms with E-state index in [0.717, 1.165) is 36.7 Å². The van der Waals surface area contributed by atoms with E-state index in [1.54, 1.807) is 11.8 Å². The van der Waals surface area contributed by atoms with Crippen LogP contribution in [-0.4, -0.2) is 24.7 Å². The number of piperidine rings is 1. The van der Waals surface area contributed by atoms with Gasteiger partial charge in [0.15, 0.2) is 0 Å². The van der Waals surface area contributed by atoms with E-state index in [1.165, 1.54) is 0 Å². The second-order valence-corrected chi connectivity index (χ2v) is 5.03. The van der Waals surface area contributed by atoms with E-state index in [9.17, 15) is 4.79 Å². The predicted octanol–water partition coefficient (Wildman–Crippen LogP) is 1.51. The molecule has 0 aromatic carbocycles. The zero-order valence-electron chi connectivity index (χ0n) is 9.99. The Morgan fingerprint density at radius 3 is 3.12 bits per heavy atom. The van der Waals surface area contributed by atoms with Gasteiger partial charge >= 0.3 is 0 Å². The first-order chi connectivity index (χ1) is 8.29. The van der Waals surface area contributed by atoms with E-state index in [0.29, 0.717) is 6.54 Å². The van der Waals surface area contributed by atoms with Crippen molar-refractivity contribution in [3.8, 4) is 0 Å². The van der Waals surface area contributed by atoms with Crippen LogP contribution in [0.4, 0.5) is 0 Å². The van der Waals surface area contributed by atoms with E-state index in [4.69, 9.17) is 4.42 Å². The maximum atomic E-state index is 11.5. The minimum atomic E-state index is -0.0714. The second-order valence-electron chi connectivity index (χ2n) is 4.17. The molecule has 94 valence electrons. The molecule has 1 amide bonds. The molecule has 0 bridgehead atoms. The van der Waals surface area contributed by atoms with Crippen LogP contribution in [0, 0.1) is 0 Å². The number of hydrogen-bond acceptors (Lipinski definition) is 4. The summed E-state index contributed by atoms with van der Waals surface area (Å²) >= 11 is 1.74. The summed E-state index contributed by atoms with van der Waals surface area (Å²) in [6.07, 6.45) is 4.00. The summed E-state index contributed by atoms with van der Waals surface area (Å²) in [5.41, 5.74) is 0. The van der Waals surface area contributed by atoms with Gasteiger partial charge in [0, 0.05) is 6.54 Å². The average Bonchev–Trinajstić information content (AvgIpc) is 2.76. The van der Waals surface area contributed by atoms with Gasteiger partial charge in [0.25, 0.3) is 0 Å². The van der Waals surface area contributed by atoms with Crippen LogP contribution in [0.3, 0.4) is 0 Å². The number of carbonyl (C=O) groups excluding carboxylic acids is 1. The van der Waals surface area contributed by atoms with Crippen molar-refractivity contribution in [2.45, 2.75) is 31.2 Å². The zero-order chi connectivity index (χ0) is 12.1. The van der Waals surface area contributed by atoms with E-state index in [1.807, 2.05) is 18.4 Å². The van der Waals surface area contributed by atoms with Gasteiger partial charge in [-0.1, -0.05) is 0 Å². The van der Waals surface area contributed by atoms with Crippen molar-refractivity contribution < 1.29 is 9.21 Å². The molecule has 0 radical (unpaired) electrons. The molecule has 4 nitrogen and oxygen atoms in total. The molecule has 1 fully saturated rings. The molecule has 1 aliphatic heterocycles. The third kappa shape index (κ3) is 3.51. The summed E-state index contributed by atoms with van der Waals surface area (Å²) < 4.78 is 5.64. The molecular weight excluding hydrogens is 236 g/mol. The first-order valence-corrected chi connectivity index (χ1v) is 7.26. The molecule has 2 N–H and O–H groups in total. The number of hydrogen-bond donors (Lipinski definition) is 2. The van der Waals surface area contributed by atoms with Crippen molar-refractivity contribution in [3.63, 3.8) is 0 Å². The van der Waals surface area contributed by atoms with Gasteiger partial charge < -0.3 is 9.73 Å². The first kappa shape index (κ1) is 12.5. The minimum absolute atomic E-state index is 0.0714. The molecule has 1 atom stereocenters. The summed E-state index contributed by atoms with van der Waals surface area (Å²) in [4.78, 5) is 11.5. The first-order valence-electron chi connectivity index (χ1n) is 5.87. The number of nitrogens with one attached hydrogen (secondary N) is 2. The van der Waals surface area contributed by atoms with Gasteiger partial charge in [-0.15, -0.1) is 0 Å². The Kier molecular flexibility index (Phi) is 4.50. The van der Waals surface area contributed by atoms with Crippen LogP contribution in [0.1, 0.15) is 24.4 Å². The lowest BCUT2D eigenvalue weighted by molar-refractivity contribution is -0.124. The molecule has 0 spiro atoms. The zero-order valence-corrected chi connectivity index (χ0v) is 10.8. The highest BCUT2D eigenvalue weighted by atomic mass is 32.2. The SMILES string of the molecule is CSCc1ccc(CNC2CCCNC2=O)o1. The highest BCUT2D eigenvalue weighted by Crippen LogP contribution is 2.13. The van der Waals surface area contributed by atoms with Crippen molar-refractivity contribution in [2.24, 2.45) is 0 Å². The fourth-order valence-corrected chi connectivity index (χ4v) is 2.37. The van der Waals surface area contributed by atoms with Crippen LogP contribution in [-0.2, 0) is 17.1 Å². The monoisotopic (exact) mass is 254 g/mol. The van der Waals surface area contributed by atoms with Crippen LogP contribution in [0.2, 0.25) is 0 Å². The average molecular weight is 254 g/mol. The van der Waals surface area contributed by atoms with E-state index in [2.05, 4.69) is 10.6 Å². The van der Waals surface area contributed by atoms with Crippen LogP contribution < -0.4 is 10.6 Å². The molecule has 0 aliphatic carbocycles. The van der Waals surface area contributed by atoms with Crippen molar-refractivity contribution >= 4 is 17.7 Å². The molecule has 5 heteroatoms. The Morgan fingerprint density at radius 1 is 1.53 bits per heavy atom. The lowest BCUT2D eigenvalue weighted by atomic mass is 10.1. The summed E-state index contributed by atoms with van der Waals surface area (Å²) in [5.74, 6) is 2.88. The fraction of sp³-hybridized carbons (Fsp3) is 0.583. The number of carbonyl (C=O) groups is 1. The topological polar surface area (TPSA) is 54.3 Å². The van der Waals surface area contributed by atoms with Crippen LogP contribution in [0.15, 0.2) is 16.5 Å². The molecular formula is C12H18N2O2S. The lowest BCUT2D eigenvalue weighted by Crippen LogP contribution is -2.47. The largest absolute Gasteiger partial charge is 0.464 e. The summed E-state index contributed by atoms with van der Waals surface area (Å²) in [6.45, 7) is 1.42.